The quantitative estimate of drug-likeness (QED) is 0.732. The number of hydrogen-bond donors (Lipinski definition) is 3. The van der Waals surface area contributed by atoms with E-state index in [0.29, 0.717) is 6.54 Å². The normalized spacial score (nSPS) is 11.8. The van der Waals surface area contributed by atoms with E-state index in [0.717, 1.165) is 6.42 Å². The Kier molecular flexibility index (Phi) is 6.37. The van der Waals surface area contributed by atoms with Gasteiger partial charge in [0.25, 0.3) is 0 Å². The van der Waals surface area contributed by atoms with Crippen LogP contribution in [0, 0.1) is 0 Å². The van der Waals surface area contributed by atoms with E-state index in [1.165, 1.54) is 18.1 Å². The Balaban J connectivity index is 2.00. The van der Waals surface area contributed by atoms with Crippen LogP contribution >= 0.6 is 0 Å². The maximum atomic E-state index is 11.9. The molecule has 24 heavy (non-hydrogen) atoms. The van der Waals surface area contributed by atoms with E-state index in [4.69, 9.17) is 5.11 Å². The Bertz CT molecular complexity index is 619. The highest BCUT2D eigenvalue weighted by Crippen LogP contribution is 2.27. The van der Waals surface area contributed by atoms with Gasteiger partial charge in [-0.25, -0.2) is 4.79 Å². The number of carbonyl (C=O) groups excluding carboxylic acids is 1. The highest BCUT2D eigenvalue weighted by atomic mass is 16.4. The first-order valence-corrected chi connectivity index (χ1v) is 7.95. The van der Waals surface area contributed by atoms with Crippen molar-refractivity contribution in [1.29, 1.82) is 0 Å². The number of benzene rings is 2. The van der Waals surface area contributed by atoms with Crippen molar-refractivity contribution in [3.05, 3.63) is 71.8 Å². The molecule has 2 amide bonds. The summed E-state index contributed by atoms with van der Waals surface area (Å²) in [6.07, 6.45) is -0.469. The van der Waals surface area contributed by atoms with Crippen LogP contribution < -0.4 is 10.6 Å². The van der Waals surface area contributed by atoms with E-state index in [9.17, 15) is 9.59 Å². The van der Waals surface area contributed by atoms with E-state index >= 15 is 0 Å². The Morgan fingerprint density at radius 2 is 1.46 bits per heavy atom. The lowest BCUT2D eigenvalue weighted by atomic mass is 9.88. The molecular formula is C19H22N2O3. The van der Waals surface area contributed by atoms with Gasteiger partial charge in [-0.3, -0.25) is 4.79 Å². The van der Waals surface area contributed by atoms with Gasteiger partial charge in [0.2, 0.25) is 5.91 Å². The first-order chi connectivity index (χ1) is 11.6. The molecule has 0 spiro atoms. The fraction of sp³-hybridized carbons (Fsp3) is 0.263. The Labute approximate surface area is 141 Å². The van der Waals surface area contributed by atoms with Crippen LogP contribution in [0.1, 0.15) is 30.4 Å². The van der Waals surface area contributed by atoms with Crippen LogP contribution in [-0.4, -0.2) is 29.7 Å². The molecule has 0 bridgehead atoms. The summed E-state index contributed by atoms with van der Waals surface area (Å²) in [5.41, 5.74) is 2.38. The SMILES string of the molecule is CC(NC(=O)O)C(=O)NCCC(c1ccccc1)c1ccccc1. The van der Waals surface area contributed by atoms with Crippen molar-refractivity contribution in [3.8, 4) is 0 Å². The second-order valence-electron chi connectivity index (χ2n) is 5.62. The minimum atomic E-state index is -1.20. The average Bonchev–Trinajstić information content (AvgIpc) is 2.59. The van der Waals surface area contributed by atoms with Crippen molar-refractivity contribution in [1.82, 2.24) is 10.6 Å². The lowest BCUT2D eigenvalue weighted by Gasteiger charge is -2.19. The Hall–Kier alpha value is -2.82. The van der Waals surface area contributed by atoms with Gasteiger partial charge >= 0.3 is 6.09 Å². The topological polar surface area (TPSA) is 78.4 Å². The van der Waals surface area contributed by atoms with Gasteiger partial charge in [0.05, 0.1) is 0 Å². The molecule has 0 fully saturated rings. The third kappa shape index (κ3) is 5.12. The van der Waals surface area contributed by atoms with Crippen molar-refractivity contribution < 1.29 is 14.7 Å². The Morgan fingerprint density at radius 1 is 0.958 bits per heavy atom. The second-order valence-corrected chi connectivity index (χ2v) is 5.62. The summed E-state index contributed by atoms with van der Waals surface area (Å²) in [5, 5.41) is 13.6. The van der Waals surface area contributed by atoms with Crippen LogP contribution in [0.15, 0.2) is 60.7 Å². The number of amides is 2. The van der Waals surface area contributed by atoms with Gasteiger partial charge in [0.15, 0.2) is 0 Å². The molecule has 0 radical (unpaired) electrons. The third-order valence-corrected chi connectivity index (χ3v) is 3.87. The predicted molar refractivity (Wildman–Crippen MR) is 93.0 cm³/mol. The summed E-state index contributed by atoms with van der Waals surface area (Å²) in [6, 6.07) is 19.5. The maximum Gasteiger partial charge on any atom is 0.405 e. The van der Waals surface area contributed by atoms with Crippen molar-refractivity contribution in [2.45, 2.75) is 25.3 Å². The summed E-state index contributed by atoms with van der Waals surface area (Å²) < 4.78 is 0. The van der Waals surface area contributed by atoms with Crippen molar-refractivity contribution >= 4 is 12.0 Å². The van der Waals surface area contributed by atoms with E-state index < -0.39 is 12.1 Å². The van der Waals surface area contributed by atoms with E-state index in [1.54, 1.807) is 0 Å². The van der Waals surface area contributed by atoms with Crippen LogP contribution in [0.25, 0.3) is 0 Å². The zero-order chi connectivity index (χ0) is 17.4. The van der Waals surface area contributed by atoms with Gasteiger partial charge in [0.1, 0.15) is 6.04 Å². The average molecular weight is 326 g/mol. The van der Waals surface area contributed by atoms with Crippen LogP contribution in [0.5, 0.6) is 0 Å². The van der Waals surface area contributed by atoms with E-state index in [1.807, 2.05) is 36.4 Å². The number of hydrogen-bond acceptors (Lipinski definition) is 2. The molecule has 0 aliphatic heterocycles. The lowest BCUT2D eigenvalue weighted by molar-refractivity contribution is -0.122. The Morgan fingerprint density at radius 3 is 1.92 bits per heavy atom. The van der Waals surface area contributed by atoms with Crippen LogP contribution in [-0.2, 0) is 4.79 Å². The zero-order valence-electron chi connectivity index (χ0n) is 13.6. The summed E-state index contributed by atoms with van der Waals surface area (Å²) in [7, 11) is 0. The molecule has 0 aromatic heterocycles. The second kappa shape index (κ2) is 8.72. The van der Waals surface area contributed by atoms with Crippen LogP contribution in [0.4, 0.5) is 4.79 Å². The van der Waals surface area contributed by atoms with Gasteiger partial charge < -0.3 is 15.7 Å². The molecule has 2 aromatic carbocycles. The van der Waals surface area contributed by atoms with Gasteiger partial charge in [-0.1, -0.05) is 60.7 Å². The molecule has 2 aromatic rings. The maximum absolute atomic E-state index is 11.9. The number of carboxylic acid groups (broad SMARTS) is 1. The minimum Gasteiger partial charge on any atom is -0.465 e. The minimum absolute atomic E-state index is 0.176. The van der Waals surface area contributed by atoms with Crippen molar-refractivity contribution in [3.63, 3.8) is 0 Å². The molecule has 1 atom stereocenters. The monoisotopic (exact) mass is 326 g/mol. The number of nitrogens with one attached hydrogen (secondary N) is 2. The van der Waals surface area contributed by atoms with Gasteiger partial charge in [-0.2, -0.15) is 0 Å². The number of rotatable bonds is 7. The molecule has 0 saturated carbocycles. The standard InChI is InChI=1S/C19H22N2O3/c1-14(21-19(23)24)18(22)20-13-12-17(15-8-4-2-5-9-15)16-10-6-3-7-11-16/h2-11,14,17,21H,12-13H2,1H3,(H,20,22)(H,23,24). The molecular weight excluding hydrogens is 304 g/mol. The largest absolute Gasteiger partial charge is 0.465 e. The van der Waals surface area contributed by atoms with Gasteiger partial charge in [0, 0.05) is 12.5 Å². The molecule has 5 heteroatoms. The van der Waals surface area contributed by atoms with Crippen LogP contribution in [0.2, 0.25) is 0 Å². The summed E-state index contributed by atoms with van der Waals surface area (Å²) in [5.74, 6) is -0.146. The molecule has 2 rings (SSSR count). The predicted octanol–water partition coefficient (Wildman–Crippen LogP) is 2.98. The molecule has 5 nitrogen and oxygen atoms in total. The highest BCUT2D eigenvalue weighted by molar-refractivity contribution is 5.84. The van der Waals surface area contributed by atoms with Crippen molar-refractivity contribution in [2.75, 3.05) is 6.54 Å². The third-order valence-electron chi connectivity index (χ3n) is 3.87. The molecule has 0 aliphatic rings. The molecule has 126 valence electrons. The summed E-state index contributed by atoms with van der Waals surface area (Å²) in [4.78, 5) is 22.5. The molecule has 1 unspecified atom stereocenters. The molecule has 0 heterocycles. The van der Waals surface area contributed by atoms with Crippen molar-refractivity contribution in [2.24, 2.45) is 0 Å². The van der Waals surface area contributed by atoms with E-state index in [2.05, 4.69) is 34.9 Å². The molecule has 0 saturated heterocycles. The van der Waals surface area contributed by atoms with Gasteiger partial charge in [-0.15, -0.1) is 0 Å². The number of carbonyl (C=O) groups is 2. The summed E-state index contributed by atoms with van der Waals surface area (Å²) in [6.45, 7) is 1.99. The van der Waals surface area contributed by atoms with Gasteiger partial charge in [-0.05, 0) is 24.5 Å². The molecule has 3 N–H and O–H groups in total. The lowest BCUT2D eigenvalue weighted by Crippen LogP contribution is -2.44. The summed E-state index contributed by atoms with van der Waals surface area (Å²) >= 11 is 0. The van der Waals surface area contributed by atoms with Crippen LogP contribution in [0.3, 0.4) is 0 Å². The smallest absolute Gasteiger partial charge is 0.405 e. The molecule has 0 aliphatic carbocycles. The highest BCUT2D eigenvalue weighted by Gasteiger charge is 2.17. The zero-order valence-corrected chi connectivity index (χ0v) is 13.6. The fourth-order valence-corrected chi connectivity index (χ4v) is 2.64. The van der Waals surface area contributed by atoms with E-state index in [-0.39, 0.29) is 11.8 Å². The fourth-order valence-electron chi connectivity index (χ4n) is 2.64. The first-order valence-electron chi connectivity index (χ1n) is 7.95. The first kappa shape index (κ1) is 17.5.